The highest BCUT2D eigenvalue weighted by atomic mass is 16.7. The van der Waals surface area contributed by atoms with Gasteiger partial charge >= 0.3 is 0 Å². The van der Waals surface area contributed by atoms with Crippen LogP contribution in [0.3, 0.4) is 0 Å². The molecule has 0 aliphatic carbocycles. The van der Waals surface area contributed by atoms with Gasteiger partial charge in [-0.2, -0.15) is 0 Å². The standard InChI is InChI=1S/C18H14O3/c19-16(9-6-14-4-2-1-3-5-14)10-7-15-8-11-17-18(12-15)21-13-20-17/h1-12H,13H2. The number of hydrogen-bond acceptors (Lipinski definition) is 3. The van der Waals surface area contributed by atoms with Gasteiger partial charge in [0.25, 0.3) is 0 Å². The van der Waals surface area contributed by atoms with Gasteiger partial charge in [-0.05, 0) is 35.4 Å². The number of allylic oxidation sites excluding steroid dienone is 2. The quantitative estimate of drug-likeness (QED) is 0.800. The molecular formula is C18H14O3. The first-order valence-electron chi connectivity index (χ1n) is 6.66. The van der Waals surface area contributed by atoms with E-state index in [-0.39, 0.29) is 12.6 Å². The Labute approximate surface area is 123 Å². The molecule has 2 aromatic rings. The largest absolute Gasteiger partial charge is 0.454 e. The fourth-order valence-corrected chi connectivity index (χ4v) is 1.99. The number of benzene rings is 2. The van der Waals surface area contributed by atoms with Crippen LogP contribution in [-0.4, -0.2) is 12.6 Å². The zero-order chi connectivity index (χ0) is 14.5. The van der Waals surface area contributed by atoms with E-state index in [1.54, 1.807) is 18.2 Å². The average Bonchev–Trinajstić information content (AvgIpc) is 2.99. The van der Waals surface area contributed by atoms with E-state index in [9.17, 15) is 4.79 Å². The van der Waals surface area contributed by atoms with E-state index in [1.165, 1.54) is 6.08 Å². The van der Waals surface area contributed by atoms with Crippen molar-refractivity contribution >= 4 is 17.9 Å². The van der Waals surface area contributed by atoms with Crippen molar-refractivity contribution in [2.75, 3.05) is 6.79 Å². The van der Waals surface area contributed by atoms with Crippen molar-refractivity contribution in [1.82, 2.24) is 0 Å². The molecule has 1 heterocycles. The maximum atomic E-state index is 11.8. The monoisotopic (exact) mass is 278 g/mol. The van der Waals surface area contributed by atoms with E-state index in [0.717, 1.165) is 16.9 Å². The van der Waals surface area contributed by atoms with Gasteiger partial charge in [-0.15, -0.1) is 0 Å². The summed E-state index contributed by atoms with van der Waals surface area (Å²) in [5, 5.41) is 0. The van der Waals surface area contributed by atoms with E-state index >= 15 is 0 Å². The minimum atomic E-state index is -0.0588. The van der Waals surface area contributed by atoms with Crippen LogP contribution in [-0.2, 0) is 4.79 Å². The first-order valence-corrected chi connectivity index (χ1v) is 6.66. The van der Waals surface area contributed by atoms with Gasteiger partial charge < -0.3 is 9.47 Å². The van der Waals surface area contributed by atoms with Crippen LogP contribution >= 0.6 is 0 Å². The van der Waals surface area contributed by atoms with Gasteiger partial charge in [0, 0.05) is 0 Å². The lowest BCUT2D eigenvalue weighted by Gasteiger charge is -1.97. The van der Waals surface area contributed by atoms with Crippen LogP contribution in [0.5, 0.6) is 11.5 Å². The Balaban J connectivity index is 1.66. The fraction of sp³-hybridized carbons (Fsp3) is 0.0556. The maximum absolute atomic E-state index is 11.8. The number of carbonyl (C=O) groups is 1. The predicted molar refractivity (Wildman–Crippen MR) is 82.1 cm³/mol. The molecule has 0 radical (unpaired) electrons. The van der Waals surface area contributed by atoms with Gasteiger partial charge in [-0.3, -0.25) is 4.79 Å². The van der Waals surface area contributed by atoms with Crippen LogP contribution in [0.1, 0.15) is 11.1 Å². The van der Waals surface area contributed by atoms with Crippen molar-refractivity contribution in [3.63, 3.8) is 0 Å². The first kappa shape index (κ1) is 13.2. The smallest absolute Gasteiger partial charge is 0.231 e. The van der Waals surface area contributed by atoms with E-state index in [1.807, 2.05) is 48.5 Å². The molecule has 0 spiro atoms. The highest BCUT2D eigenvalue weighted by molar-refractivity contribution is 6.04. The lowest BCUT2D eigenvalue weighted by atomic mass is 10.1. The number of rotatable bonds is 4. The number of carbonyl (C=O) groups excluding carboxylic acids is 1. The summed E-state index contributed by atoms with van der Waals surface area (Å²) < 4.78 is 10.5. The van der Waals surface area contributed by atoms with Crippen molar-refractivity contribution < 1.29 is 14.3 Å². The number of fused-ring (bicyclic) bond motifs is 1. The molecule has 0 unspecified atom stereocenters. The average molecular weight is 278 g/mol. The first-order chi connectivity index (χ1) is 10.3. The summed E-state index contributed by atoms with van der Waals surface area (Å²) in [4.78, 5) is 11.8. The molecule has 0 fully saturated rings. The molecule has 0 N–H and O–H groups in total. The minimum absolute atomic E-state index is 0.0588. The summed E-state index contributed by atoms with van der Waals surface area (Å²) in [6, 6.07) is 15.3. The van der Waals surface area contributed by atoms with Gasteiger partial charge in [0.05, 0.1) is 0 Å². The van der Waals surface area contributed by atoms with E-state index < -0.39 is 0 Å². The predicted octanol–water partition coefficient (Wildman–Crippen LogP) is 3.71. The van der Waals surface area contributed by atoms with Crippen LogP contribution in [0.4, 0.5) is 0 Å². The summed E-state index contributed by atoms with van der Waals surface area (Å²) in [6.45, 7) is 0.251. The molecule has 1 aliphatic rings. The van der Waals surface area contributed by atoms with Crippen molar-refractivity contribution in [3.8, 4) is 11.5 Å². The zero-order valence-electron chi connectivity index (χ0n) is 11.4. The molecule has 1 aliphatic heterocycles. The highest BCUT2D eigenvalue weighted by Gasteiger charge is 2.12. The summed E-state index contributed by atoms with van der Waals surface area (Å²) in [6.07, 6.45) is 6.65. The fourth-order valence-electron chi connectivity index (χ4n) is 1.99. The second kappa shape index (κ2) is 6.09. The Morgan fingerprint density at radius 1 is 0.857 bits per heavy atom. The van der Waals surface area contributed by atoms with Crippen LogP contribution in [0, 0.1) is 0 Å². The minimum Gasteiger partial charge on any atom is -0.454 e. The Kier molecular flexibility index (Phi) is 3.83. The molecule has 0 amide bonds. The third-order valence-electron chi connectivity index (χ3n) is 3.08. The third kappa shape index (κ3) is 3.39. The molecule has 3 heteroatoms. The van der Waals surface area contributed by atoms with E-state index in [0.29, 0.717) is 5.75 Å². The maximum Gasteiger partial charge on any atom is 0.231 e. The molecule has 0 aromatic heterocycles. The van der Waals surface area contributed by atoms with Crippen molar-refractivity contribution in [1.29, 1.82) is 0 Å². The number of hydrogen-bond donors (Lipinski definition) is 0. The van der Waals surface area contributed by atoms with Gasteiger partial charge in [-0.25, -0.2) is 0 Å². The lowest BCUT2D eigenvalue weighted by Crippen LogP contribution is -1.92. The number of ketones is 1. The van der Waals surface area contributed by atoms with Crippen molar-refractivity contribution in [2.45, 2.75) is 0 Å². The Morgan fingerprint density at radius 2 is 1.57 bits per heavy atom. The van der Waals surface area contributed by atoms with Crippen LogP contribution in [0.15, 0.2) is 60.7 Å². The topological polar surface area (TPSA) is 35.5 Å². The lowest BCUT2D eigenvalue weighted by molar-refractivity contribution is -0.110. The van der Waals surface area contributed by atoms with Gasteiger partial charge in [0.15, 0.2) is 17.3 Å². The van der Waals surface area contributed by atoms with E-state index in [2.05, 4.69) is 0 Å². The molecule has 3 nitrogen and oxygen atoms in total. The van der Waals surface area contributed by atoms with Gasteiger partial charge in [0.2, 0.25) is 6.79 Å². The van der Waals surface area contributed by atoms with Crippen molar-refractivity contribution in [3.05, 3.63) is 71.8 Å². The molecular weight excluding hydrogens is 264 g/mol. The normalized spacial score (nSPS) is 13.1. The summed E-state index contributed by atoms with van der Waals surface area (Å²) >= 11 is 0. The molecule has 104 valence electrons. The van der Waals surface area contributed by atoms with Crippen LogP contribution < -0.4 is 9.47 Å². The van der Waals surface area contributed by atoms with Crippen molar-refractivity contribution in [2.24, 2.45) is 0 Å². The van der Waals surface area contributed by atoms with Crippen LogP contribution in [0.25, 0.3) is 12.2 Å². The molecule has 3 rings (SSSR count). The molecule has 0 saturated heterocycles. The van der Waals surface area contributed by atoms with E-state index in [4.69, 9.17) is 9.47 Å². The van der Waals surface area contributed by atoms with Gasteiger partial charge in [-0.1, -0.05) is 48.6 Å². The summed E-state index contributed by atoms with van der Waals surface area (Å²) in [5.74, 6) is 1.39. The second-order valence-electron chi connectivity index (χ2n) is 4.59. The highest BCUT2D eigenvalue weighted by Crippen LogP contribution is 2.32. The SMILES string of the molecule is O=C(C=Cc1ccccc1)C=Cc1ccc2c(c1)OCO2. The molecule has 0 bridgehead atoms. The Morgan fingerprint density at radius 3 is 2.38 bits per heavy atom. The van der Waals surface area contributed by atoms with Crippen LogP contribution in [0.2, 0.25) is 0 Å². The molecule has 21 heavy (non-hydrogen) atoms. The Bertz CT molecular complexity index is 700. The summed E-state index contributed by atoms with van der Waals surface area (Å²) in [5.41, 5.74) is 1.91. The third-order valence-corrected chi connectivity index (χ3v) is 3.08. The summed E-state index contributed by atoms with van der Waals surface area (Å²) in [7, 11) is 0. The number of ether oxygens (including phenoxy) is 2. The Hall–Kier alpha value is -2.81. The molecule has 0 saturated carbocycles. The van der Waals surface area contributed by atoms with Gasteiger partial charge in [0.1, 0.15) is 0 Å². The molecule has 2 aromatic carbocycles. The zero-order valence-corrected chi connectivity index (χ0v) is 11.4. The molecule has 0 atom stereocenters. The second-order valence-corrected chi connectivity index (χ2v) is 4.59.